The van der Waals surface area contributed by atoms with Crippen LogP contribution in [-0.2, 0) is 9.47 Å². The maximum Gasteiger partial charge on any atom is 0.410 e. The van der Waals surface area contributed by atoms with E-state index in [1.54, 1.807) is 4.90 Å². The van der Waals surface area contributed by atoms with Crippen molar-refractivity contribution in [3.8, 4) is 0 Å². The van der Waals surface area contributed by atoms with Crippen molar-refractivity contribution >= 4 is 6.09 Å². The number of ether oxygens (including phenoxy) is 2. The Labute approximate surface area is 128 Å². The summed E-state index contributed by atoms with van der Waals surface area (Å²) in [5.41, 5.74) is -0.524. The molecule has 5 nitrogen and oxygen atoms in total. The summed E-state index contributed by atoms with van der Waals surface area (Å²) in [5, 5.41) is 3.36. The number of nitrogens with one attached hydrogen (secondary N) is 1. The van der Waals surface area contributed by atoms with Crippen molar-refractivity contribution in [3.63, 3.8) is 0 Å². The molecule has 0 bridgehead atoms. The molecule has 0 saturated carbocycles. The molecule has 21 heavy (non-hydrogen) atoms. The first-order valence-electron chi connectivity index (χ1n) is 8.14. The molecule has 2 rings (SSSR count). The summed E-state index contributed by atoms with van der Waals surface area (Å²) >= 11 is 0. The molecule has 2 aliphatic heterocycles. The fraction of sp³-hybridized carbons (Fsp3) is 0.938. The van der Waals surface area contributed by atoms with Crippen LogP contribution in [0.1, 0.15) is 53.4 Å². The lowest BCUT2D eigenvalue weighted by Crippen LogP contribution is -2.49. The van der Waals surface area contributed by atoms with Crippen LogP contribution in [0.5, 0.6) is 0 Å². The van der Waals surface area contributed by atoms with E-state index in [9.17, 15) is 4.79 Å². The predicted octanol–water partition coefficient (Wildman–Crippen LogP) is 2.54. The molecule has 0 spiro atoms. The van der Waals surface area contributed by atoms with Gasteiger partial charge in [0.25, 0.3) is 0 Å². The van der Waals surface area contributed by atoms with E-state index in [0.717, 1.165) is 51.9 Å². The summed E-state index contributed by atoms with van der Waals surface area (Å²) in [5.74, 6) is 0. The third-order valence-corrected chi connectivity index (χ3v) is 4.21. The normalized spacial score (nSPS) is 23.9. The molecule has 2 heterocycles. The second-order valence-electron chi connectivity index (χ2n) is 7.48. The van der Waals surface area contributed by atoms with Gasteiger partial charge in [-0.05, 0) is 66.5 Å². The molecule has 1 amide bonds. The highest BCUT2D eigenvalue weighted by atomic mass is 16.6. The number of amides is 1. The van der Waals surface area contributed by atoms with E-state index in [1.807, 2.05) is 20.8 Å². The molecule has 0 aliphatic carbocycles. The molecule has 2 saturated heterocycles. The van der Waals surface area contributed by atoms with E-state index >= 15 is 0 Å². The molecule has 0 unspecified atom stereocenters. The van der Waals surface area contributed by atoms with Gasteiger partial charge >= 0.3 is 6.09 Å². The van der Waals surface area contributed by atoms with E-state index in [1.165, 1.54) is 0 Å². The first-order valence-corrected chi connectivity index (χ1v) is 8.14. The van der Waals surface area contributed by atoms with E-state index in [-0.39, 0.29) is 11.7 Å². The van der Waals surface area contributed by atoms with E-state index in [0.29, 0.717) is 6.10 Å². The lowest BCUT2D eigenvalue weighted by Gasteiger charge is -2.42. The second-order valence-corrected chi connectivity index (χ2v) is 7.48. The number of hydrogen-bond acceptors (Lipinski definition) is 4. The van der Waals surface area contributed by atoms with Crippen LogP contribution in [0.3, 0.4) is 0 Å². The quantitative estimate of drug-likeness (QED) is 0.851. The van der Waals surface area contributed by atoms with Gasteiger partial charge in [-0.1, -0.05) is 0 Å². The van der Waals surface area contributed by atoms with Crippen molar-refractivity contribution in [1.29, 1.82) is 0 Å². The fourth-order valence-corrected chi connectivity index (χ4v) is 2.92. The van der Waals surface area contributed by atoms with Crippen LogP contribution >= 0.6 is 0 Å². The van der Waals surface area contributed by atoms with Gasteiger partial charge in [-0.2, -0.15) is 0 Å². The molecule has 0 atom stereocenters. The average Bonchev–Trinajstić information content (AvgIpc) is 2.38. The maximum absolute atomic E-state index is 12.1. The Morgan fingerprint density at radius 2 is 1.76 bits per heavy atom. The summed E-state index contributed by atoms with van der Waals surface area (Å²) in [6.07, 6.45) is 4.11. The number of carbonyl (C=O) groups excluding carboxylic acids is 1. The maximum atomic E-state index is 12.1. The first-order chi connectivity index (χ1) is 9.77. The van der Waals surface area contributed by atoms with Gasteiger partial charge in [0.1, 0.15) is 5.60 Å². The Bertz CT molecular complexity index is 351. The van der Waals surface area contributed by atoms with E-state index < -0.39 is 5.60 Å². The Balaban J connectivity index is 1.80. The van der Waals surface area contributed by atoms with Crippen LogP contribution in [0.2, 0.25) is 0 Å². The lowest BCUT2D eigenvalue weighted by molar-refractivity contribution is -0.118. The van der Waals surface area contributed by atoms with Crippen LogP contribution in [0.15, 0.2) is 0 Å². The number of piperidine rings is 2. The standard InChI is InChI=1S/C16H30N2O3/c1-15(2,3)21-14(19)18-11-7-16(4,8-12-18)20-13-5-9-17-10-6-13/h13,17H,5-12H2,1-4H3. The van der Waals surface area contributed by atoms with Crippen LogP contribution in [0.25, 0.3) is 0 Å². The van der Waals surface area contributed by atoms with E-state index in [4.69, 9.17) is 9.47 Å². The summed E-state index contributed by atoms with van der Waals surface area (Å²) in [6.45, 7) is 11.4. The van der Waals surface area contributed by atoms with Gasteiger partial charge in [0.2, 0.25) is 0 Å². The summed E-state index contributed by atoms with van der Waals surface area (Å²) in [4.78, 5) is 13.9. The zero-order valence-corrected chi connectivity index (χ0v) is 13.9. The Hall–Kier alpha value is -0.810. The van der Waals surface area contributed by atoms with Crippen LogP contribution in [0, 0.1) is 0 Å². The minimum Gasteiger partial charge on any atom is -0.444 e. The Kier molecular flexibility index (Phi) is 5.15. The van der Waals surface area contributed by atoms with E-state index in [2.05, 4.69) is 12.2 Å². The van der Waals surface area contributed by atoms with Crippen molar-refractivity contribution in [2.45, 2.75) is 70.7 Å². The van der Waals surface area contributed by atoms with Gasteiger partial charge in [0.05, 0.1) is 11.7 Å². The van der Waals surface area contributed by atoms with Crippen molar-refractivity contribution in [1.82, 2.24) is 10.2 Å². The number of carbonyl (C=O) groups is 1. The molecule has 0 aromatic carbocycles. The molecule has 122 valence electrons. The molecule has 0 aromatic heterocycles. The number of nitrogens with zero attached hydrogens (tertiary/aromatic N) is 1. The first kappa shape index (κ1) is 16.6. The average molecular weight is 298 g/mol. The predicted molar refractivity (Wildman–Crippen MR) is 82.4 cm³/mol. The van der Waals surface area contributed by atoms with Gasteiger partial charge in [-0.25, -0.2) is 4.79 Å². The topological polar surface area (TPSA) is 50.8 Å². The highest BCUT2D eigenvalue weighted by Gasteiger charge is 2.36. The second kappa shape index (κ2) is 6.53. The molecular formula is C16H30N2O3. The highest BCUT2D eigenvalue weighted by Crippen LogP contribution is 2.29. The Morgan fingerprint density at radius 1 is 1.19 bits per heavy atom. The van der Waals surface area contributed by atoms with Crippen molar-refractivity contribution < 1.29 is 14.3 Å². The van der Waals surface area contributed by atoms with Crippen molar-refractivity contribution in [3.05, 3.63) is 0 Å². The zero-order valence-electron chi connectivity index (χ0n) is 13.9. The van der Waals surface area contributed by atoms with Crippen LogP contribution < -0.4 is 5.32 Å². The third-order valence-electron chi connectivity index (χ3n) is 4.21. The van der Waals surface area contributed by atoms with Crippen molar-refractivity contribution in [2.24, 2.45) is 0 Å². The zero-order chi connectivity index (χ0) is 15.5. The minimum atomic E-state index is -0.427. The smallest absolute Gasteiger partial charge is 0.410 e. The van der Waals surface area contributed by atoms with Gasteiger partial charge in [-0.3, -0.25) is 0 Å². The summed E-state index contributed by atoms with van der Waals surface area (Å²) in [7, 11) is 0. The molecule has 2 fully saturated rings. The Morgan fingerprint density at radius 3 is 2.29 bits per heavy atom. The molecule has 2 aliphatic rings. The van der Waals surface area contributed by atoms with Crippen LogP contribution in [-0.4, -0.2) is 54.5 Å². The van der Waals surface area contributed by atoms with Gasteiger partial charge in [-0.15, -0.1) is 0 Å². The van der Waals surface area contributed by atoms with Crippen molar-refractivity contribution in [2.75, 3.05) is 26.2 Å². The van der Waals surface area contributed by atoms with Gasteiger partial charge < -0.3 is 19.7 Å². The number of hydrogen-bond donors (Lipinski definition) is 1. The van der Waals surface area contributed by atoms with Gasteiger partial charge in [0.15, 0.2) is 0 Å². The molecule has 0 aromatic rings. The summed E-state index contributed by atoms with van der Waals surface area (Å²) in [6, 6.07) is 0. The monoisotopic (exact) mass is 298 g/mol. The molecule has 0 radical (unpaired) electrons. The third kappa shape index (κ3) is 5.15. The fourth-order valence-electron chi connectivity index (χ4n) is 2.92. The van der Waals surface area contributed by atoms with Gasteiger partial charge in [0, 0.05) is 13.1 Å². The highest BCUT2D eigenvalue weighted by molar-refractivity contribution is 5.68. The molecule has 5 heteroatoms. The SMILES string of the molecule is CC(C)(C)OC(=O)N1CCC(C)(OC2CCNCC2)CC1. The largest absolute Gasteiger partial charge is 0.444 e. The number of rotatable bonds is 2. The molecular weight excluding hydrogens is 268 g/mol. The van der Waals surface area contributed by atoms with Crippen LogP contribution in [0.4, 0.5) is 4.79 Å². The number of likely N-dealkylation sites (tertiary alicyclic amines) is 1. The summed E-state index contributed by atoms with van der Waals surface area (Å²) < 4.78 is 11.8. The minimum absolute atomic E-state index is 0.0967. The molecule has 1 N–H and O–H groups in total. The lowest BCUT2D eigenvalue weighted by atomic mass is 9.92.